The van der Waals surface area contributed by atoms with Gasteiger partial charge in [-0.25, -0.2) is 14.3 Å². The Bertz CT molecular complexity index is 1040. The quantitative estimate of drug-likeness (QED) is 0.557. The van der Waals surface area contributed by atoms with Gasteiger partial charge in [0.15, 0.2) is 0 Å². The number of H-pyrrole nitrogens is 1. The Kier molecular flexibility index (Phi) is 6.24. The van der Waals surface area contributed by atoms with Crippen molar-refractivity contribution in [2.24, 2.45) is 19.1 Å². The van der Waals surface area contributed by atoms with E-state index in [0.717, 1.165) is 63.6 Å². The smallest absolute Gasteiger partial charge is 0.359 e. The highest BCUT2D eigenvalue weighted by Gasteiger charge is 2.29. The molecule has 0 saturated carbocycles. The molecule has 2 aromatic rings. The summed E-state index contributed by atoms with van der Waals surface area (Å²) in [6.07, 6.45) is 9.07. The van der Waals surface area contributed by atoms with Crippen LogP contribution in [-0.2, 0) is 20.6 Å². The van der Waals surface area contributed by atoms with E-state index < -0.39 is 0 Å². The largest absolute Gasteiger partial charge is 0.374 e. The lowest BCUT2D eigenvalue weighted by atomic mass is 10.1. The van der Waals surface area contributed by atoms with Crippen LogP contribution >= 0.6 is 0 Å². The summed E-state index contributed by atoms with van der Waals surface area (Å²) in [7, 11) is 3.27. The fourth-order valence-electron chi connectivity index (χ4n) is 4.55. The predicted molar refractivity (Wildman–Crippen MR) is 118 cm³/mol. The van der Waals surface area contributed by atoms with Gasteiger partial charge in [0.25, 0.3) is 5.56 Å². The van der Waals surface area contributed by atoms with E-state index in [0.29, 0.717) is 17.7 Å². The first-order chi connectivity index (χ1) is 14.6. The molecule has 4 rings (SSSR count). The molecule has 2 aromatic heterocycles. The van der Waals surface area contributed by atoms with Crippen molar-refractivity contribution >= 4 is 22.9 Å². The molecular weight excluding hydrogens is 382 g/mol. The second-order valence-corrected chi connectivity index (χ2v) is 8.47. The van der Waals surface area contributed by atoms with E-state index in [1.807, 2.05) is 0 Å². The number of aliphatic imine (C=N–C) groups is 1. The van der Waals surface area contributed by atoms with Crippen molar-refractivity contribution < 1.29 is 4.57 Å². The molecule has 0 unspecified atom stereocenters. The van der Waals surface area contributed by atoms with E-state index in [9.17, 15) is 9.59 Å². The fraction of sp³-hybridized carbons (Fsp3) is 0.714. The van der Waals surface area contributed by atoms with E-state index >= 15 is 0 Å². The van der Waals surface area contributed by atoms with Crippen LogP contribution in [0, 0.1) is 0 Å². The van der Waals surface area contributed by atoms with Gasteiger partial charge < -0.3 is 5.32 Å². The van der Waals surface area contributed by atoms with Gasteiger partial charge in [-0.15, -0.1) is 0 Å². The minimum absolute atomic E-state index is 0.242. The van der Waals surface area contributed by atoms with E-state index in [1.54, 1.807) is 18.7 Å². The Hall–Kier alpha value is -2.58. The van der Waals surface area contributed by atoms with Gasteiger partial charge in [0.2, 0.25) is 11.2 Å². The maximum Gasteiger partial charge on any atom is 0.359 e. The summed E-state index contributed by atoms with van der Waals surface area (Å²) in [6.45, 7) is 4.39. The average Bonchev–Trinajstić information content (AvgIpc) is 2.95. The number of amidine groups is 1. The van der Waals surface area contributed by atoms with Crippen molar-refractivity contribution in [3.63, 3.8) is 0 Å². The number of rotatable bonds is 5. The van der Waals surface area contributed by atoms with Gasteiger partial charge in [0.1, 0.15) is 0 Å². The molecule has 2 aliphatic heterocycles. The van der Waals surface area contributed by atoms with Crippen LogP contribution in [0.1, 0.15) is 51.4 Å². The van der Waals surface area contributed by atoms with Gasteiger partial charge in [-0.1, -0.05) is 6.42 Å². The molecule has 0 aliphatic carbocycles. The van der Waals surface area contributed by atoms with Crippen molar-refractivity contribution in [2.45, 2.75) is 57.9 Å². The van der Waals surface area contributed by atoms with Crippen LogP contribution in [0.5, 0.6) is 0 Å². The molecule has 0 bridgehead atoms. The number of aryl methyl sites for hydroxylation is 2. The van der Waals surface area contributed by atoms with Gasteiger partial charge >= 0.3 is 11.6 Å². The van der Waals surface area contributed by atoms with E-state index in [4.69, 9.17) is 0 Å². The van der Waals surface area contributed by atoms with Crippen LogP contribution < -0.4 is 26.0 Å². The van der Waals surface area contributed by atoms with E-state index in [1.165, 1.54) is 30.3 Å². The van der Waals surface area contributed by atoms with Crippen LogP contribution in [0.15, 0.2) is 14.6 Å². The Balaban J connectivity index is 1.61. The third-order valence-corrected chi connectivity index (χ3v) is 6.31. The first kappa shape index (κ1) is 20.7. The summed E-state index contributed by atoms with van der Waals surface area (Å²) in [5, 5.41) is 3.49. The summed E-state index contributed by atoms with van der Waals surface area (Å²) < 4.78 is 4.82. The zero-order valence-corrected chi connectivity index (χ0v) is 18.2. The van der Waals surface area contributed by atoms with Crippen LogP contribution in [0.25, 0.3) is 11.2 Å². The molecule has 2 N–H and O–H groups in total. The molecule has 4 heterocycles. The van der Waals surface area contributed by atoms with E-state index in [2.05, 4.69) is 24.8 Å². The van der Waals surface area contributed by atoms with Crippen molar-refractivity contribution in [1.29, 1.82) is 0 Å². The van der Waals surface area contributed by atoms with Crippen molar-refractivity contribution in [1.82, 2.24) is 19.4 Å². The molecule has 0 amide bonds. The first-order valence-corrected chi connectivity index (χ1v) is 11.3. The standard InChI is InChI=1S/C21H33N7O2/c1-25-18-17(19(29)26(2)21(25)30)28(20(24-18)27-13-7-4-8-14-27)15-9-12-23-16-10-5-3-6-11-22-16/h3-15H2,1-2H3,(H,22,23)/p+1. The summed E-state index contributed by atoms with van der Waals surface area (Å²) in [5.74, 6) is 2.06. The third kappa shape index (κ3) is 4.02. The van der Waals surface area contributed by atoms with Gasteiger partial charge in [0.05, 0.1) is 25.5 Å². The molecule has 164 valence electrons. The van der Waals surface area contributed by atoms with Gasteiger partial charge in [-0.3, -0.25) is 23.8 Å². The number of imidazole rings is 1. The highest BCUT2D eigenvalue weighted by molar-refractivity contribution is 5.82. The summed E-state index contributed by atoms with van der Waals surface area (Å²) >= 11 is 0. The maximum atomic E-state index is 13.0. The monoisotopic (exact) mass is 416 g/mol. The minimum Gasteiger partial charge on any atom is -0.374 e. The number of nitrogens with one attached hydrogen (secondary N) is 2. The molecule has 0 radical (unpaired) electrons. The zero-order chi connectivity index (χ0) is 21.1. The van der Waals surface area contributed by atoms with Crippen molar-refractivity contribution in [3.8, 4) is 0 Å². The Morgan fingerprint density at radius 2 is 1.80 bits per heavy atom. The number of nitrogens with zero attached hydrogens (tertiary/aromatic N) is 5. The molecule has 0 atom stereocenters. The van der Waals surface area contributed by atoms with Crippen LogP contribution in [-0.4, -0.2) is 46.1 Å². The summed E-state index contributed by atoms with van der Waals surface area (Å²) in [5.41, 5.74) is 0.629. The number of piperidine rings is 1. The second kappa shape index (κ2) is 9.06. The van der Waals surface area contributed by atoms with Gasteiger partial charge in [0, 0.05) is 33.6 Å². The summed E-state index contributed by atoms with van der Waals surface area (Å²) in [6, 6.07) is 0. The molecular formula is C21H34N7O2+. The normalized spacial score (nSPS) is 17.8. The number of aromatic nitrogens is 4. The second-order valence-electron chi connectivity index (χ2n) is 8.47. The molecule has 9 nitrogen and oxygen atoms in total. The maximum absolute atomic E-state index is 13.0. The Morgan fingerprint density at radius 1 is 1.03 bits per heavy atom. The van der Waals surface area contributed by atoms with Crippen LogP contribution in [0.3, 0.4) is 0 Å². The zero-order valence-electron chi connectivity index (χ0n) is 18.2. The van der Waals surface area contributed by atoms with Crippen LogP contribution in [0.2, 0.25) is 0 Å². The topological polar surface area (TPSA) is 91.3 Å². The van der Waals surface area contributed by atoms with E-state index in [-0.39, 0.29) is 11.2 Å². The lowest BCUT2D eigenvalue weighted by molar-refractivity contribution is -0.659. The Labute approximate surface area is 176 Å². The predicted octanol–water partition coefficient (Wildman–Crippen LogP) is 0.795. The van der Waals surface area contributed by atoms with Crippen LogP contribution in [0.4, 0.5) is 5.95 Å². The molecule has 1 fully saturated rings. The number of hydrogen-bond acceptors (Lipinski definition) is 5. The molecule has 0 aromatic carbocycles. The molecule has 2 aliphatic rings. The number of anilines is 1. The summed E-state index contributed by atoms with van der Waals surface area (Å²) in [4.78, 5) is 35.8. The molecule has 0 spiro atoms. The highest BCUT2D eigenvalue weighted by atomic mass is 16.2. The van der Waals surface area contributed by atoms with Crippen molar-refractivity contribution in [2.75, 3.05) is 31.1 Å². The fourth-order valence-corrected chi connectivity index (χ4v) is 4.55. The first-order valence-electron chi connectivity index (χ1n) is 11.3. The van der Waals surface area contributed by atoms with Gasteiger partial charge in [-0.2, -0.15) is 0 Å². The average molecular weight is 417 g/mol. The lowest BCUT2D eigenvalue weighted by Gasteiger charge is -2.22. The third-order valence-electron chi connectivity index (χ3n) is 6.31. The number of hydrogen-bond donors (Lipinski definition) is 2. The number of aromatic amines is 1. The SMILES string of the molecule is Cn1c(=O)c2c([nH]c(N3CCCCC3)[n+]2CCCNC2=NCCCCC2)n(C)c1=O. The van der Waals surface area contributed by atoms with Gasteiger partial charge in [-0.05, 0) is 38.5 Å². The lowest BCUT2D eigenvalue weighted by Crippen LogP contribution is -2.48. The molecule has 30 heavy (non-hydrogen) atoms. The minimum atomic E-state index is -0.306. The highest BCUT2D eigenvalue weighted by Crippen LogP contribution is 2.17. The van der Waals surface area contributed by atoms with Crippen molar-refractivity contribution in [3.05, 3.63) is 20.8 Å². The number of fused-ring (bicyclic) bond motifs is 1. The molecule has 9 heteroatoms. The Morgan fingerprint density at radius 3 is 2.60 bits per heavy atom. The molecule has 1 saturated heterocycles.